The standard InChI is InChI=1S/C46H58ClF2N11O4/c1-29-35(47)23-33(24-38(29)59(14-5-21-61)45(64)52-3)44(63)57-18-10-31(11-19-57)22-30-8-16-56(17-9-30)40-13-15-55(28-46(40,48)49)27-32-6-4-7-37-34(32)12-20-58(37)41-25-36(51-2)43-53-26-39(42(50)62)60(43)54-41/h4,6-7,21,23-26,30-31,40,51H,5,8-20,22,27-28H2,1-3H3,(H2,50,62)(H,52,64). The molecule has 4 aromatic rings. The van der Waals surface area contributed by atoms with Crippen LogP contribution in [0.2, 0.25) is 5.02 Å². The maximum atomic E-state index is 16.1. The molecule has 8 rings (SSSR count). The second-order valence-electron chi connectivity index (χ2n) is 17.7. The molecule has 1 unspecified atom stereocenters. The molecule has 64 heavy (non-hydrogen) atoms. The molecule has 4 aliphatic heterocycles. The molecule has 2 aromatic heterocycles. The highest BCUT2D eigenvalue weighted by Crippen LogP contribution is 2.40. The molecule has 6 heterocycles. The van der Waals surface area contributed by atoms with Crippen LogP contribution in [-0.2, 0) is 17.8 Å². The summed E-state index contributed by atoms with van der Waals surface area (Å²) in [5.41, 5.74) is 11.7. The molecule has 2 aromatic carbocycles. The molecule has 0 radical (unpaired) electrons. The van der Waals surface area contributed by atoms with Crippen LogP contribution in [0.25, 0.3) is 5.65 Å². The van der Waals surface area contributed by atoms with E-state index in [9.17, 15) is 19.2 Å². The van der Waals surface area contributed by atoms with Crippen molar-refractivity contribution in [1.82, 2.24) is 34.6 Å². The highest BCUT2D eigenvalue weighted by molar-refractivity contribution is 6.32. The number of urea groups is 1. The Morgan fingerprint density at radius 1 is 1.00 bits per heavy atom. The zero-order valence-electron chi connectivity index (χ0n) is 36.8. The Hall–Kier alpha value is -5.39. The minimum Gasteiger partial charge on any atom is -0.385 e. The van der Waals surface area contributed by atoms with Crippen LogP contribution in [0.4, 0.5) is 36.5 Å². The van der Waals surface area contributed by atoms with Crippen LogP contribution in [0.15, 0.2) is 42.6 Å². The quantitative estimate of drug-likeness (QED) is 0.133. The number of benzene rings is 2. The third kappa shape index (κ3) is 9.11. The lowest BCUT2D eigenvalue weighted by Gasteiger charge is -2.46. The van der Waals surface area contributed by atoms with E-state index in [4.69, 9.17) is 22.4 Å². The van der Waals surface area contributed by atoms with E-state index in [0.717, 1.165) is 61.6 Å². The lowest BCUT2D eigenvalue weighted by Crippen LogP contribution is -2.59. The van der Waals surface area contributed by atoms with Gasteiger partial charge in [-0.05, 0) is 112 Å². The molecule has 0 saturated carbocycles. The van der Waals surface area contributed by atoms with Crippen LogP contribution >= 0.6 is 11.6 Å². The second-order valence-corrected chi connectivity index (χ2v) is 18.1. The molecule has 342 valence electrons. The molecule has 0 aliphatic carbocycles. The molecule has 3 saturated heterocycles. The fourth-order valence-electron chi connectivity index (χ4n) is 10.4. The average Bonchev–Trinajstić information content (AvgIpc) is 3.93. The van der Waals surface area contributed by atoms with E-state index in [1.807, 2.05) is 39.0 Å². The molecule has 1 atom stereocenters. The van der Waals surface area contributed by atoms with Gasteiger partial charge in [-0.25, -0.2) is 23.1 Å². The number of nitrogens with one attached hydrogen (secondary N) is 2. The van der Waals surface area contributed by atoms with Crippen LogP contribution in [0.5, 0.6) is 0 Å². The summed E-state index contributed by atoms with van der Waals surface area (Å²) in [5, 5.41) is 10.8. The first-order chi connectivity index (χ1) is 30.8. The van der Waals surface area contributed by atoms with E-state index in [2.05, 4.69) is 20.5 Å². The largest absolute Gasteiger partial charge is 0.385 e. The summed E-state index contributed by atoms with van der Waals surface area (Å²) in [7, 11) is 3.29. The number of primary amides is 1. The minimum atomic E-state index is -2.85. The molecule has 4 amide bonds. The van der Waals surface area contributed by atoms with Crippen LogP contribution in [-0.4, -0.2) is 132 Å². The van der Waals surface area contributed by atoms with Crippen LogP contribution in [0.1, 0.15) is 82.5 Å². The van der Waals surface area contributed by atoms with Gasteiger partial charge in [0.2, 0.25) is 0 Å². The normalized spacial score (nSPS) is 19.8. The highest BCUT2D eigenvalue weighted by atomic mass is 35.5. The molecule has 4 aliphatic rings. The zero-order valence-corrected chi connectivity index (χ0v) is 37.5. The van der Waals surface area contributed by atoms with Gasteiger partial charge in [0.25, 0.3) is 17.7 Å². The predicted octanol–water partition coefficient (Wildman–Crippen LogP) is 6.12. The van der Waals surface area contributed by atoms with E-state index in [1.165, 1.54) is 22.7 Å². The molecule has 0 spiro atoms. The van der Waals surface area contributed by atoms with Gasteiger partial charge in [0, 0.05) is 82.1 Å². The number of aldehydes is 1. The number of halogens is 3. The van der Waals surface area contributed by atoms with E-state index in [-0.39, 0.29) is 37.1 Å². The van der Waals surface area contributed by atoms with E-state index in [1.54, 1.807) is 26.1 Å². The summed E-state index contributed by atoms with van der Waals surface area (Å²) in [6.45, 7) is 5.89. The summed E-state index contributed by atoms with van der Waals surface area (Å²) in [6, 6.07) is 10.1. The van der Waals surface area contributed by atoms with Crippen molar-refractivity contribution in [3.05, 3.63) is 75.6 Å². The van der Waals surface area contributed by atoms with Gasteiger partial charge < -0.3 is 31.0 Å². The van der Waals surface area contributed by atoms with Crippen LogP contribution < -0.4 is 26.2 Å². The lowest BCUT2D eigenvalue weighted by molar-refractivity contribution is -0.134. The van der Waals surface area contributed by atoms with Gasteiger partial charge >= 0.3 is 6.03 Å². The zero-order chi connectivity index (χ0) is 45.3. The maximum Gasteiger partial charge on any atom is 0.321 e. The smallest absolute Gasteiger partial charge is 0.321 e. The van der Waals surface area contributed by atoms with Crippen molar-refractivity contribution >= 4 is 64.3 Å². The summed E-state index contributed by atoms with van der Waals surface area (Å²) in [4.78, 5) is 63.2. The number of anilines is 4. The Morgan fingerprint density at radius 3 is 2.41 bits per heavy atom. The predicted molar refractivity (Wildman–Crippen MR) is 243 cm³/mol. The number of imidazole rings is 1. The molecule has 3 fully saturated rings. The van der Waals surface area contributed by atoms with Gasteiger partial charge in [0.1, 0.15) is 12.0 Å². The third-order valence-electron chi connectivity index (χ3n) is 13.9. The first-order valence-corrected chi connectivity index (χ1v) is 22.8. The maximum absolute atomic E-state index is 16.1. The molecule has 15 nitrogen and oxygen atoms in total. The van der Waals surface area contributed by atoms with Gasteiger partial charge in [0.15, 0.2) is 11.5 Å². The second kappa shape index (κ2) is 19.0. The molecular formula is C46H58ClF2N11O4. The first kappa shape index (κ1) is 45.2. The van der Waals surface area contributed by atoms with Crippen molar-refractivity contribution in [2.75, 3.05) is 81.6 Å². The SMILES string of the molecule is CNC(=O)N(CCC=O)c1cc(C(=O)N2CCC(CC3CCN(C4CCN(Cc5cccc6c5CCN6c5cc(NC)c6ncc(C(N)=O)n6n5)CC4(F)F)CC3)CC2)cc(Cl)c1C. The number of carbonyl (C=O) groups is 4. The van der Waals surface area contributed by atoms with E-state index >= 15 is 8.78 Å². The highest BCUT2D eigenvalue weighted by Gasteiger charge is 2.48. The Morgan fingerprint density at radius 2 is 1.73 bits per heavy atom. The number of hydrogen-bond acceptors (Lipinski definition) is 10. The lowest BCUT2D eigenvalue weighted by atomic mass is 9.82. The number of piperidine rings is 3. The van der Waals surface area contributed by atoms with E-state index in [0.29, 0.717) is 103 Å². The van der Waals surface area contributed by atoms with Crippen molar-refractivity contribution < 1.29 is 28.0 Å². The number of fused-ring (bicyclic) bond motifs is 2. The topological polar surface area (TPSA) is 165 Å². The van der Waals surface area contributed by atoms with E-state index < -0.39 is 17.9 Å². The monoisotopic (exact) mass is 901 g/mol. The Kier molecular flexibility index (Phi) is 13.4. The van der Waals surface area contributed by atoms with Gasteiger partial charge in [-0.1, -0.05) is 23.7 Å². The number of hydrogen-bond donors (Lipinski definition) is 3. The number of nitrogens with zero attached hydrogens (tertiary/aromatic N) is 8. The van der Waals surface area contributed by atoms with Gasteiger partial charge in [0.05, 0.1) is 30.2 Å². The number of alkyl halides is 2. The van der Waals surface area contributed by atoms with Crippen molar-refractivity contribution in [1.29, 1.82) is 0 Å². The van der Waals surface area contributed by atoms with Gasteiger partial charge in [-0.15, -0.1) is 5.10 Å². The van der Waals surface area contributed by atoms with Gasteiger partial charge in [-0.3, -0.25) is 24.3 Å². The number of aromatic nitrogens is 3. The van der Waals surface area contributed by atoms with Gasteiger partial charge in [-0.2, -0.15) is 0 Å². The summed E-state index contributed by atoms with van der Waals surface area (Å²) in [5.74, 6) is -2.07. The Bertz CT molecular complexity index is 2400. The Labute approximate surface area is 377 Å². The molecule has 18 heteroatoms. The number of carbonyl (C=O) groups excluding carboxylic acids is 4. The van der Waals surface area contributed by atoms with Crippen molar-refractivity contribution in [2.24, 2.45) is 17.6 Å². The fraction of sp³-hybridized carbons (Fsp3) is 0.522. The first-order valence-electron chi connectivity index (χ1n) is 22.4. The van der Waals surface area contributed by atoms with Crippen LogP contribution in [0.3, 0.4) is 0 Å². The number of nitrogens with two attached hydrogens (primary N) is 1. The number of likely N-dealkylation sites (tertiary alicyclic amines) is 3. The Balaban J connectivity index is 0.825. The number of rotatable bonds is 13. The molecule has 4 N–H and O–H groups in total. The fourth-order valence-corrected chi connectivity index (χ4v) is 10.6. The molecular weight excluding hydrogens is 844 g/mol. The third-order valence-corrected chi connectivity index (χ3v) is 14.2. The summed E-state index contributed by atoms with van der Waals surface area (Å²) in [6.07, 6.45) is 8.01. The van der Waals surface area contributed by atoms with Crippen LogP contribution in [0, 0.1) is 18.8 Å². The van der Waals surface area contributed by atoms with Crippen molar-refractivity contribution in [2.45, 2.75) is 76.8 Å². The minimum absolute atomic E-state index is 0.142. The summed E-state index contributed by atoms with van der Waals surface area (Å²) >= 11 is 6.57. The van der Waals surface area contributed by atoms with Crippen molar-refractivity contribution in [3.63, 3.8) is 0 Å². The number of amides is 4. The summed E-state index contributed by atoms with van der Waals surface area (Å²) < 4.78 is 33.7. The van der Waals surface area contributed by atoms with Crippen molar-refractivity contribution in [3.8, 4) is 0 Å². The average molecular weight is 902 g/mol. The molecule has 0 bridgehead atoms.